The Balaban J connectivity index is 2.76. The molecule has 0 fully saturated rings. The summed E-state index contributed by atoms with van der Waals surface area (Å²) in [5.41, 5.74) is 2.25. The first-order valence-corrected chi connectivity index (χ1v) is 7.07. The van der Waals surface area contributed by atoms with Gasteiger partial charge in [0.15, 0.2) is 0 Å². The summed E-state index contributed by atoms with van der Waals surface area (Å²) in [7, 11) is 3.75. The lowest BCUT2D eigenvalue weighted by molar-refractivity contribution is 0.183. The number of rotatable bonds is 7. The van der Waals surface area contributed by atoms with Crippen LogP contribution in [0.15, 0.2) is 18.2 Å². The molecule has 0 saturated carbocycles. The molecule has 0 heterocycles. The van der Waals surface area contributed by atoms with Crippen molar-refractivity contribution in [2.45, 2.75) is 39.4 Å². The highest BCUT2D eigenvalue weighted by Gasteiger charge is 2.13. The Morgan fingerprint density at radius 2 is 2.00 bits per heavy atom. The van der Waals surface area contributed by atoms with Crippen LogP contribution in [0.5, 0.6) is 0 Å². The van der Waals surface area contributed by atoms with E-state index in [9.17, 15) is 0 Å². The van der Waals surface area contributed by atoms with E-state index in [1.54, 1.807) is 7.11 Å². The predicted molar refractivity (Wildman–Crippen MR) is 83.2 cm³/mol. The van der Waals surface area contributed by atoms with Crippen molar-refractivity contribution in [1.82, 2.24) is 5.32 Å². The monoisotopic (exact) mass is 284 g/mol. The molecule has 0 aliphatic heterocycles. The van der Waals surface area contributed by atoms with Gasteiger partial charge in [0, 0.05) is 32.8 Å². The average Bonchev–Trinajstić information content (AvgIpc) is 2.36. The molecule has 0 spiro atoms. The van der Waals surface area contributed by atoms with Crippen LogP contribution < -0.4 is 10.2 Å². The molecule has 1 aromatic carbocycles. The van der Waals surface area contributed by atoms with Crippen LogP contribution in [0.1, 0.15) is 26.3 Å². The Bertz CT molecular complexity index is 396. The fourth-order valence-electron chi connectivity index (χ4n) is 1.86. The van der Waals surface area contributed by atoms with E-state index >= 15 is 0 Å². The van der Waals surface area contributed by atoms with Gasteiger partial charge in [-0.2, -0.15) is 0 Å². The number of likely N-dealkylation sites (N-methyl/N-ethyl adjacent to an activating group) is 1. The lowest BCUT2D eigenvalue weighted by Gasteiger charge is -2.27. The largest absolute Gasteiger partial charge is 0.383 e. The van der Waals surface area contributed by atoms with Crippen LogP contribution in [0, 0.1) is 0 Å². The second-order valence-electron chi connectivity index (χ2n) is 5.24. The summed E-state index contributed by atoms with van der Waals surface area (Å²) >= 11 is 6.37. The average molecular weight is 285 g/mol. The molecule has 1 N–H and O–H groups in total. The Morgan fingerprint density at radius 1 is 1.32 bits per heavy atom. The van der Waals surface area contributed by atoms with Crippen LogP contribution >= 0.6 is 11.6 Å². The first kappa shape index (κ1) is 16.3. The number of nitrogens with one attached hydrogen (secondary N) is 1. The number of benzene rings is 1. The van der Waals surface area contributed by atoms with Gasteiger partial charge in [-0.25, -0.2) is 0 Å². The number of halogens is 1. The van der Waals surface area contributed by atoms with Crippen molar-refractivity contribution >= 4 is 17.3 Å². The zero-order valence-electron chi connectivity index (χ0n) is 12.5. The lowest BCUT2D eigenvalue weighted by Crippen LogP contribution is -2.32. The van der Waals surface area contributed by atoms with Crippen LogP contribution in [-0.2, 0) is 11.3 Å². The minimum absolute atomic E-state index is 0.294. The summed E-state index contributed by atoms with van der Waals surface area (Å²) in [5.74, 6) is 0. The Hall–Kier alpha value is -0.770. The topological polar surface area (TPSA) is 24.5 Å². The van der Waals surface area contributed by atoms with Crippen LogP contribution in [0.25, 0.3) is 0 Å². The molecule has 1 aromatic rings. The van der Waals surface area contributed by atoms with Crippen molar-refractivity contribution in [3.63, 3.8) is 0 Å². The quantitative estimate of drug-likeness (QED) is 0.831. The number of hydrogen-bond acceptors (Lipinski definition) is 3. The molecular weight excluding hydrogens is 260 g/mol. The minimum atomic E-state index is 0.294. The third kappa shape index (κ3) is 5.01. The van der Waals surface area contributed by atoms with Gasteiger partial charge in [0.05, 0.1) is 17.3 Å². The van der Waals surface area contributed by atoms with Gasteiger partial charge in [0.1, 0.15) is 0 Å². The summed E-state index contributed by atoms with van der Waals surface area (Å²) < 4.78 is 5.18. The molecule has 0 bridgehead atoms. The van der Waals surface area contributed by atoms with E-state index in [1.165, 1.54) is 5.56 Å². The highest BCUT2D eigenvalue weighted by atomic mass is 35.5. The van der Waals surface area contributed by atoms with Gasteiger partial charge in [0.25, 0.3) is 0 Å². The third-order valence-electron chi connectivity index (χ3n) is 3.18. The van der Waals surface area contributed by atoms with Gasteiger partial charge in [-0.3, -0.25) is 0 Å². The van der Waals surface area contributed by atoms with Crippen molar-refractivity contribution in [2.75, 3.05) is 25.7 Å². The molecule has 0 aliphatic rings. The molecule has 108 valence electrons. The molecule has 3 nitrogen and oxygen atoms in total. The fourth-order valence-corrected chi connectivity index (χ4v) is 2.20. The molecule has 19 heavy (non-hydrogen) atoms. The van der Waals surface area contributed by atoms with E-state index in [2.05, 4.69) is 43.1 Å². The lowest BCUT2D eigenvalue weighted by atomic mass is 10.1. The molecule has 1 atom stereocenters. The van der Waals surface area contributed by atoms with Gasteiger partial charge in [-0.1, -0.05) is 31.5 Å². The smallest absolute Gasteiger partial charge is 0.0663 e. The number of nitrogens with zero attached hydrogens (tertiary/aromatic N) is 1. The van der Waals surface area contributed by atoms with Crippen molar-refractivity contribution in [3.8, 4) is 0 Å². The molecular formula is C15H25ClN2O. The highest BCUT2D eigenvalue weighted by molar-refractivity contribution is 6.33. The van der Waals surface area contributed by atoms with E-state index in [0.29, 0.717) is 18.7 Å². The summed E-state index contributed by atoms with van der Waals surface area (Å²) in [6.45, 7) is 7.92. The van der Waals surface area contributed by atoms with E-state index < -0.39 is 0 Å². The Kier molecular flexibility index (Phi) is 6.63. The standard InChI is InChI=1S/C15H25ClN2O/c1-11(2)17-9-13-6-7-15(14(16)8-13)18(4)12(3)10-19-5/h6-8,11-12,17H,9-10H2,1-5H3. The normalized spacial score (nSPS) is 12.8. The van der Waals surface area contributed by atoms with Gasteiger partial charge in [-0.15, -0.1) is 0 Å². The number of hydrogen-bond donors (Lipinski definition) is 1. The van der Waals surface area contributed by atoms with E-state index in [1.807, 2.05) is 13.1 Å². The molecule has 1 rings (SSSR count). The molecule has 0 amide bonds. The van der Waals surface area contributed by atoms with Gasteiger partial charge < -0.3 is 15.0 Å². The summed E-state index contributed by atoms with van der Waals surface area (Å²) in [6.07, 6.45) is 0. The maximum absolute atomic E-state index is 6.37. The van der Waals surface area contributed by atoms with Crippen LogP contribution in [0.3, 0.4) is 0 Å². The highest BCUT2D eigenvalue weighted by Crippen LogP contribution is 2.27. The maximum Gasteiger partial charge on any atom is 0.0663 e. The van der Waals surface area contributed by atoms with Gasteiger partial charge in [0.2, 0.25) is 0 Å². The van der Waals surface area contributed by atoms with Crippen molar-refractivity contribution in [3.05, 3.63) is 28.8 Å². The summed E-state index contributed by atoms with van der Waals surface area (Å²) in [4.78, 5) is 2.14. The van der Waals surface area contributed by atoms with E-state index in [-0.39, 0.29) is 0 Å². The fraction of sp³-hybridized carbons (Fsp3) is 0.600. The predicted octanol–water partition coefficient (Wildman–Crippen LogP) is 3.31. The van der Waals surface area contributed by atoms with Crippen molar-refractivity contribution in [1.29, 1.82) is 0 Å². The van der Waals surface area contributed by atoms with E-state index in [0.717, 1.165) is 17.3 Å². The van der Waals surface area contributed by atoms with Crippen LogP contribution in [0.2, 0.25) is 5.02 Å². The molecule has 0 saturated heterocycles. The Morgan fingerprint density at radius 3 is 2.53 bits per heavy atom. The molecule has 0 radical (unpaired) electrons. The number of ether oxygens (including phenoxy) is 1. The molecule has 4 heteroatoms. The second kappa shape index (κ2) is 7.73. The summed E-state index contributed by atoms with van der Waals surface area (Å²) in [5, 5.41) is 4.17. The molecule has 0 aromatic heterocycles. The van der Waals surface area contributed by atoms with Crippen molar-refractivity contribution in [2.24, 2.45) is 0 Å². The molecule has 1 unspecified atom stereocenters. The second-order valence-corrected chi connectivity index (χ2v) is 5.64. The summed E-state index contributed by atoms with van der Waals surface area (Å²) in [6, 6.07) is 6.99. The van der Waals surface area contributed by atoms with Gasteiger partial charge in [-0.05, 0) is 24.6 Å². The first-order valence-electron chi connectivity index (χ1n) is 6.69. The van der Waals surface area contributed by atoms with E-state index in [4.69, 9.17) is 16.3 Å². The van der Waals surface area contributed by atoms with Crippen molar-refractivity contribution < 1.29 is 4.74 Å². The number of anilines is 1. The van der Waals surface area contributed by atoms with Gasteiger partial charge >= 0.3 is 0 Å². The Labute approximate surface area is 121 Å². The zero-order valence-corrected chi connectivity index (χ0v) is 13.3. The first-order chi connectivity index (χ1) is 8.95. The number of methoxy groups -OCH3 is 1. The SMILES string of the molecule is COCC(C)N(C)c1ccc(CNC(C)C)cc1Cl. The van der Waals surface area contributed by atoms with Crippen LogP contribution in [-0.4, -0.2) is 32.8 Å². The van der Waals surface area contributed by atoms with Crippen LogP contribution in [0.4, 0.5) is 5.69 Å². The zero-order chi connectivity index (χ0) is 14.4. The molecule has 0 aliphatic carbocycles. The minimum Gasteiger partial charge on any atom is -0.383 e. The maximum atomic E-state index is 6.37. The third-order valence-corrected chi connectivity index (χ3v) is 3.48.